The molecule has 0 aliphatic carbocycles. The summed E-state index contributed by atoms with van der Waals surface area (Å²) in [6.45, 7) is 2.58. The number of methoxy groups -OCH3 is 1. The Labute approximate surface area is 145 Å². The van der Waals surface area contributed by atoms with Gasteiger partial charge in [-0.25, -0.2) is 8.78 Å². The lowest BCUT2D eigenvalue weighted by Crippen LogP contribution is -2.09. The number of rotatable bonds is 7. The second-order valence-corrected chi connectivity index (χ2v) is 5.21. The summed E-state index contributed by atoms with van der Waals surface area (Å²) in [6.07, 6.45) is 3.64. The number of anilines is 1. The summed E-state index contributed by atoms with van der Waals surface area (Å²) >= 11 is 0. The minimum atomic E-state index is -0.706. The Morgan fingerprint density at radius 3 is 2.68 bits per heavy atom. The van der Waals surface area contributed by atoms with Gasteiger partial charge in [-0.15, -0.1) is 0 Å². The Morgan fingerprint density at radius 2 is 1.96 bits per heavy atom. The smallest absolute Gasteiger partial charge is 0.248 e. The predicted molar refractivity (Wildman–Crippen MR) is 92.8 cm³/mol. The van der Waals surface area contributed by atoms with E-state index in [0.29, 0.717) is 23.7 Å². The zero-order valence-electron chi connectivity index (χ0n) is 14.0. The maximum Gasteiger partial charge on any atom is 0.248 e. The van der Waals surface area contributed by atoms with Gasteiger partial charge in [0.2, 0.25) is 5.91 Å². The van der Waals surface area contributed by atoms with E-state index >= 15 is 0 Å². The highest BCUT2D eigenvalue weighted by Crippen LogP contribution is 2.28. The van der Waals surface area contributed by atoms with Crippen LogP contribution in [0.25, 0.3) is 6.08 Å². The fourth-order valence-corrected chi connectivity index (χ4v) is 2.06. The molecular formula is C19H19F2NO3. The highest BCUT2D eigenvalue weighted by Gasteiger charge is 2.07. The first-order valence-corrected chi connectivity index (χ1v) is 7.78. The minimum absolute atomic E-state index is 0.212. The van der Waals surface area contributed by atoms with Crippen molar-refractivity contribution in [1.29, 1.82) is 0 Å². The Balaban J connectivity index is 2.07. The molecule has 0 aromatic heterocycles. The fourth-order valence-electron chi connectivity index (χ4n) is 2.06. The van der Waals surface area contributed by atoms with Crippen LogP contribution in [0.1, 0.15) is 18.9 Å². The molecule has 0 aliphatic heterocycles. The van der Waals surface area contributed by atoms with Gasteiger partial charge in [0.05, 0.1) is 19.4 Å². The minimum Gasteiger partial charge on any atom is -0.493 e. The van der Waals surface area contributed by atoms with E-state index in [1.807, 2.05) is 6.92 Å². The highest BCUT2D eigenvalue weighted by molar-refractivity contribution is 6.02. The molecule has 6 heteroatoms. The van der Waals surface area contributed by atoms with Crippen molar-refractivity contribution < 1.29 is 23.0 Å². The normalized spacial score (nSPS) is 10.7. The van der Waals surface area contributed by atoms with Crippen LogP contribution < -0.4 is 14.8 Å². The molecule has 0 saturated heterocycles. The Bertz CT molecular complexity index is 775. The number of ether oxygens (including phenoxy) is 2. The molecule has 25 heavy (non-hydrogen) atoms. The molecule has 0 spiro atoms. The van der Waals surface area contributed by atoms with Gasteiger partial charge in [0.15, 0.2) is 11.5 Å². The van der Waals surface area contributed by atoms with E-state index in [1.54, 1.807) is 24.3 Å². The van der Waals surface area contributed by atoms with Gasteiger partial charge in [0.25, 0.3) is 0 Å². The van der Waals surface area contributed by atoms with Crippen LogP contribution >= 0.6 is 0 Å². The van der Waals surface area contributed by atoms with Crippen LogP contribution in [-0.2, 0) is 4.79 Å². The summed E-state index contributed by atoms with van der Waals surface area (Å²) in [5, 5.41) is 2.29. The SMILES string of the molecule is CCCOc1ccc(/C=C/C(=O)Nc2cc(F)ccc2F)cc1OC. The fraction of sp³-hybridized carbons (Fsp3) is 0.211. The molecule has 2 rings (SSSR count). The van der Waals surface area contributed by atoms with Crippen molar-refractivity contribution in [2.24, 2.45) is 0 Å². The van der Waals surface area contributed by atoms with E-state index < -0.39 is 17.5 Å². The largest absolute Gasteiger partial charge is 0.493 e. The molecule has 2 aromatic rings. The van der Waals surface area contributed by atoms with E-state index in [-0.39, 0.29) is 5.69 Å². The van der Waals surface area contributed by atoms with Crippen LogP contribution in [0, 0.1) is 11.6 Å². The number of carbonyl (C=O) groups is 1. The van der Waals surface area contributed by atoms with E-state index in [9.17, 15) is 13.6 Å². The van der Waals surface area contributed by atoms with Crippen LogP contribution in [0.15, 0.2) is 42.5 Å². The van der Waals surface area contributed by atoms with Crippen LogP contribution in [0.5, 0.6) is 11.5 Å². The van der Waals surface area contributed by atoms with Gasteiger partial charge in [-0.2, -0.15) is 0 Å². The summed E-state index contributed by atoms with van der Waals surface area (Å²) < 4.78 is 37.4. The molecule has 132 valence electrons. The molecule has 2 aromatic carbocycles. The lowest BCUT2D eigenvalue weighted by atomic mass is 10.2. The van der Waals surface area contributed by atoms with Crippen molar-refractivity contribution in [2.45, 2.75) is 13.3 Å². The first-order valence-electron chi connectivity index (χ1n) is 7.78. The van der Waals surface area contributed by atoms with E-state index in [4.69, 9.17) is 9.47 Å². The van der Waals surface area contributed by atoms with Crippen LogP contribution in [0.2, 0.25) is 0 Å². The summed E-state index contributed by atoms with van der Waals surface area (Å²) in [4.78, 5) is 11.9. The maximum absolute atomic E-state index is 13.5. The molecule has 0 heterocycles. The van der Waals surface area contributed by atoms with Crippen molar-refractivity contribution in [3.63, 3.8) is 0 Å². The quantitative estimate of drug-likeness (QED) is 0.755. The molecule has 0 unspecified atom stereocenters. The van der Waals surface area contributed by atoms with Crippen LogP contribution in [-0.4, -0.2) is 19.6 Å². The highest BCUT2D eigenvalue weighted by atomic mass is 19.1. The summed E-state index contributed by atoms with van der Waals surface area (Å²) in [6, 6.07) is 8.09. The van der Waals surface area contributed by atoms with Gasteiger partial charge in [-0.1, -0.05) is 13.0 Å². The van der Waals surface area contributed by atoms with E-state index in [1.165, 1.54) is 13.2 Å². The average Bonchev–Trinajstić information content (AvgIpc) is 2.61. The molecule has 0 bridgehead atoms. The zero-order valence-corrected chi connectivity index (χ0v) is 14.0. The number of hydrogen-bond donors (Lipinski definition) is 1. The van der Waals surface area contributed by atoms with Gasteiger partial charge in [-0.3, -0.25) is 4.79 Å². The van der Waals surface area contributed by atoms with Crippen molar-refractivity contribution >= 4 is 17.7 Å². The number of carbonyl (C=O) groups excluding carboxylic acids is 1. The molecule has 0 aliphatic rings. The average molecular weight is 347 g/mol. The molecule has 0 fully saturated rings. The zero-order chi connectivity index (χ0) is 18.2. The monoisotopic (exact) mass is 347 g/mol. The Hall–Kier alpha value is -2.89. The van der Waals surface area contributed by atoms with Gasteiger partial charge in [0.1, 0.15) is 11.6 Å². The molecule has 4 nitrogen and oxygen atoms in total. The molecule has 1 amide bonds. The van der Waals surface area contributed by atoms with Crippen LogP contribution in [0.4, 0.5) is 14.5 Å². The summed E-state index contributed by atoms with van der Waals surface area (Å²) in [5.41, 5.74) is 0.492. The summed E-state index contributed by atoms with van der Waals surface area (Å²) in [5.74, 6) is -0.745. The summed E-state index contributed by atoms with van der Waals surface area (Å²) in [7, 11) is 1.53. The number of benzene rings is 2. The van der Waals surface area contributed by atoms with E-state index in [0.717, 1.165) is 24.6 Å². The van der Waals surface area contributed by atoms with Gasteiger partial charge in [-0.05, 0) is 42.3 Å². The molecule has 1 N–H and O–H groups in total. The first-order chi connectivity index (χ1) is 12.0. The lowest BCUT2D eigenvalue weighted by molar-refractivity contribution is -0.111. The number of hydrogen-bond acceptors (Lipinski definition) is 3. The standard InChI is InChI=1S/C19H19F2NO3/c1-3-10-25-17-8-4-13(11-18(17)24-2)5-9-19(23)22-16-12-14(20)6-7-15(16)21/h4-9,11-12H,3,10H2,1-2H3,(H,22,23)/b9-5+. The number of halogens is 2. The van der Waals surface area contributed by atoms with Gasteiger partial charge >= 0.3 is 0 Å². The first kappa shape index (κ1) is 18.4. The van der Waals surface area contributed by atoms with Gasteiger partial charge < -0.3 is 14.8 Å². The Kier molecular flexibility index (Phi) is 6.51. The third-order valence-electron chi connectivity index (χ3n) is 3.26. The molecule has 0 saturated carbocycles. The third kappa shape index (κ3) is 5.31. The van der Waals surface area contributed by atoms with Gasteiger partial charge in [0, 0.05) is 12.1 Å². The number of nitrogens with one attached hydrogen (secondary N) is 1. The molecule has 0 radical (unpaired) electrons. The Morgan fingerprint density at radius 1 is 1.16 bits per heavy atom. The van der Waals surface area contributed by atoms with Crippen LogP contribution in [0.3, 0.4) is 0 Å². The topological polar surface area (TPSA) is 47.6 Å². The maximum atomic E-state index is 13.5. The third-order valence-corrected chi connectivity index (χ3v) is 3.26. The van der Waals surface area contributed by atoms with Crippen molar-refractivity contribution in [3.05, 3.63) is 59.7 Å². The molecular weight excluding hydrogens is 328 g/mol. The lowest BCUT2D eigenvalue weighted by Gasteiger charge is -2.10. The number of amides is 1. The second kappa shape index (κ2) is 8.82. The predicted octanol–water partition coefficient (Wildman–Crippen LogP) is 4.41. The van der Waals surface area contributed by atoms with E-state index in [2.05, 4.69) is 5.32 Å². The molecule has 0 atom stereocenters. The second-order valence-electron chi connectivity index (χ2n) is 5.21. The van der Waals surface area contributed by atoms with Crippen molar-refractivity contribution in [2.75, 3.05) is 19.0 Å². The van der Waals surface area contributed by atoms with Crippen molar-refractivity contribution in [1.82, 2.24) is 0 Å². The van der Waals surface area contributed by atoms with Crippen molar-refractivity contribution in [3.8, 4) is 11.5 Å².